The minimum Gasteiger partial charge on any atom is -0.507 e. The van der Waals surface area contributed by atoms with E-state index in [4.69, 9.17) is 5.11 Å². The van der Waals surface area contributed by atoms with Crippen LogP contribution in [0.25, 0.3) is 20.9 Å². The van der Waals surface area contributed by atoms with Crippen molar-refractivity contribution < 1.29 is 24.2 Å². The molecular formula is C20H17FN2O4S2. The molecule has 1 fully saturated rings. The molecule has 29 heavy (non-hydrogen) atoms. The Kier molecular flexibility index (Phi) is 5.10. The highest BCUT2D eigenvalue weighted by molar-refractivity contribution is 7.17. The fourth-order valence-electron chi connectivity index (χ4n) is 2.97. The van der Waals surface area contributed by atoms with Crippen LogP contribution in [0, 0.1) is 18.7 Å². The number of halogens is 1. The number of phenols is 1. The summed E-state index contributed by atoms with van der Waals surface area (Å²) >= 11 is 2.76. The van der Waals surface area contributed by atoms with Crippen molar-refractivity contribution in [3.05, 3.63) is 45.7 Å². The van der Waals surface area contributed by atoms with E-state index < -0.39 is 23.1 Å². The number of aromatic hydroxyl groups is 1. The Morgan fingerprint density at radius 2 is 2.07 bits per heavy atom. The first-order valence-electron chi connectivity index (χ1n) is 8.92. The number of nitrogens with zero attached hydrogens (tertiary/aromatic N) is 1. The number of carboxylic acids is 1. The van der Waals surface area contributed by atoms with E-state index >= 15 is 0 Å². The molecule has 0 spiro atoms. The van der Waals surface area contributed by atoms with Gasteiger partial charge in [0.05, 0.1) is 17.1 Å². The summed E-state index contributed by atoms with van der Waals surface area (Å²) in [4.78, 5) is 28.8. The summed E-state index contributed by atoms with van der Waals surface area (Å²) in [6.45, 7) is 2.26. The number of hydrogen-bond donors (Lipinski definition) is 3. The van der Waals surface area contributed by atoms with Crippen molar-refractivity contribution in [3.8, 4) is 26.6 Å². The molecule has 0 unspecified atom stereocenters. The zero-order valence-electron chi connectivity index (χ0n) is 15.4. The molecule has 2 heterocycles. The number of rotatable bonds is 6. The van der Waals surface area contributed by atoms with Gasteiger partial charge in [0.25, 0.3) is 0 Å². The molecule has 3 N–H and O–H groups in total. The van der Waals surface area contributed by atoms with Gasteiger partial charge in [-0.2, -0.15) is 0 Å². The molecule has 0 aliphatic heterocycles. The van der Waals surface area contributed by atoms with Crippen molar-refractivity contribution in [3.63, 3.8) is 0 Å². The number of aromatic nitrogens is 1. The number of benzene rings is 1. The second-order valence-electron chi connectivity index (χ2n) is 6.87. The average Bonchev–Trinajstić information content (AvgIpc) is 3.30. The Morgan fingerprint density at radius 3 is 2.76 bits per heavy atom. The van der Waals surface area contributed by atoms with Crippen molar-refractivity contribution in [1.82, 2.24) is 10.3 Å². The lowest BCUT2D eigenvalue weighted by molar-refractivity contribution is -0.122. The zero-order valence-corrected chi connectivity index (χ0v) is 17.0. The molecule has 1 aliphatic rings. The molecule has 0 atom stereocenters. The standard InChI is InChI=1S/C20H17FN2O4S2/c1-9-18(29-17(23-9)7-22-19(25)10-2-3-10)11-4-16(28-8-11)12-6-15(24)13(20(26)27)5-14(12)21/h4-6,8,10,24H,2-3,7H2,1H3,(H,22,25)(H,26,27). The number of carbonyl (C=O) groups is 2. The van der Waals surface area contributed by atoms with Crippen LogP contribution in [0.2, 0.25) is 0 Å². The highest BCUT2D eigenvalue weighted by Gasteiger charge is 2.29. The number of thiophene rings is 1. The van der Waals surface area contributed by atoms with Gasteiger partial charge in [-0.1, -0.05) is 0 Å². The van der Waals surface area contributed by atoms with Crippen molar-refractivity contribution in [1.29, 1.82) is 0 Å². The number of hydrogen-bond acceptors (Lipinski definition) is 6. The lowest BCUT2D eigenvalue weighted by Crippen LogP contribution is -2.23. The van der Waals surface area contributed by atoms with Crippen LogP contribution in [0.1, 0.15) is 33.9 Å². The van der Waals surface area contributed by atoms with Crippen LogP contribution >= 0.6 is 22.7 Å². The number of nitrogens with one attached hydrogen (secondary N) is 1. The van der Waals surface area contributed by atoms with Crippen LogP contribution in [0.5, 0.6) is 5.75 Å². The first-order chi connectivity index (χ1) is 13.8. The van der Waals surface area contributed by atoms with E-state index in [0.717, 1.165) is 46.1 Å². The number of carboxylic acid groups (broad SMARTS) is 1. The Morgan fingerprint density at radius 1 is 1.31 bits per heavy atom. The molecule has 0 bridgehead atoms. The molecule has 0 radical (unpaired) electrons. The number of aromatic carboxylic acids is 1. The average molecular weight is 432 g/mol. The van der Waals surface area contributed by atoms with Gasteiger partial charge in [0, 0.05) is 27.3 Å². The molecule has 4 rings (SSSR count). The first-order valence-corrected chi connectivity index (χ1v) is 10.6. The van der Waals surface area contributed by atoms with Gasteiger partial charge in [0.15, 0.2) is 0 Å². The first kappa shape index (κ1) is 19.5. The molecule has 9 heteroatoms. The molecule has 1 aromatic carbocycles. The van der Waals surface area contributed by atoms with Crippen LogP contribution in [0.15, 0.2) is 23.6 Å². The van der Waals surface area contributed by atoms with E-state index in [1.807, 2.05) is 12.3 Å². The minimum atomic E-state index is -1.39. The van der Waals surface area contributed by atoms with E-state index in [2.05, 4.69) is 10.3 Å². The summed E-state index contributed by atoms with van der Waals surface area (Å²) in [6.07, 6.45) is 1.90. The Labute approximate surface area is 173 Å². The zero-order chi connectivity index (χ0) is 20.7. The quantitative estimate of drug-likeness (QED) is 0.536. The lowest BCUT2D eigenvalue weighted by Gasteiger charge is -2.04. The van der Waals surface area contributed by atoms with E-state index in [9.17, 15) is 19.1 Å². The predicted molar refractivity (Wildman–Crippen MR) is 109 cm³/mol. The molecule has 0 saturated heterocycles. The smallest absolute Gasteiger partial charge is 0.339 e. The molecule has 2 aromatic heterocycles. The van der Waals surface area contributed by atoms with Crippen molar-refractivity contribution in [2.24, 2.45) is 5.92 Å². The highest BCUT2D eigenvalue weighted by Crippen LogP contribution is 2.39. The number of amides is 1. The second kappa shape index (κ2) is 7.57. The molecular weight excluding hydrogens is 415 g/mol. The molecule has 1 aliphatic carbocycles. The van der Waals surface area contributed by atoms with Gasteiger partial charge >= 0.3 is 5.97 Å². The van der Waals surface area contributed by atoms with Crippen molar-refractivity contribution in [2.75, 3.05) is 0 Å². The number of thiazole rings is 1. The van der Waals surface area contributed by atoms with E-state index in [1.165, 1.54) is 22.7 Å². The summed E-state index contributed by atoms with van der Waals surface area (Å²) in [7, 11) is 0. The molecule has 6 nitrogen and oxygen atoms in total. The maximum atomic E-state index is 14.4. The lowest BCUT2D eigenvalue weighted by atomic mass is 10.1. The fraction of sp³-hybridized carbons (Fsp3) is 0.250. The van der Waals surface area contributed by atoms with Crippen LogP contribution in [0.3, 0.4) is 0 Å². The SMILES string of the molecule is Cc1nc(CNC(=O)C2CC2)sc1-c1csc(-c2cc(O)c(C(=O)O)cc2F)c1. The van der Waals surface area contributed by atoms with Crippen LogP contribution in [-0.4, -0.2) is 27.1 Å². The fourth-order valence-corrected chi connectivity index (χ4v) is 4.95. The summed E-state index contributed by atoms with van der Waals surface area (Å²) in [5, 5.41) is 24.4. The Bertz CT molecular complexity index is 1120. The van der Waals surface area contributed by atoms with Gasteiger partial charge in [-0.05, 0) is 38.0 Å². The second-order valence-corrected chi connectivity index (χ2v) is 8.86. The van der Waals surface area contributed by atoms with Crippen molar-refractivity contribution >= 4 is 34.6 Å². The normalized spacial score (nSPS) is 13.4. The van der Waals surface area contributed by atoms with Crippen LogP contribution in [0.4, 0.5) is 4.39 Å². The molecule has 3 aromatic rings. The van der Waals surface area contributed by atoms with Crippen LogP contribution < -0.4 is 5.32 Å². The minimum absolute atomic E-state index is 0.0670. The largest absolute Gasteiger partial charge is 0.507 e. The third kappa shape index (κ3) is 4.01. The molecule has 1 saturated carbocycles. The van der Waals surface area contributed by atoms with Gasteiger partial charge in [0.2, 0.25) is 5.91 Å². The Balaban J connectivity index is 1.57. The van der Waals surface area contributed by atoms with Gasteiger partial charge in [-0.3, -0.25) is 4.79 Å². The van der Waals surface area contributed by atoms with E-state index in [-0.39, 0.29) is 17.4 Å². The molecule has 150 valence electrons. The van der Waals surface area contributed by atoms with Crippen molar-refractivity contribution in [2.45, 2.75) is 26.3 Å². The predicted octanol–water partition coefficient (Wildman–Crippen LogP) is 4.42. The Hall–Kier alpha value is -2.78. The maximum absolute atomic E-state index is 14.4. The van der Waals surface area contributed by atoms with E-state index in [0.29, 0.717) is 11.4 Å². The summed E-state index contributed by atoms with van der Waals surface area (Å²) in [5.41, 5.74) is 1.35. The van der Waals surface area contributed by atoms with Crippen LogP contribution in [-0.2, 0) is 11.3 Å². The maximum Gasteiger partial charge on any atom is 0.339 e. The van der Waals surface area contributed by atoms with E-state index in [1.54, 1.807) is 6.07 Å². The summed E-state index contributed by atoms with van der Waals surface area (Å²) in [5.74, 6) is -2.36. The van der Waals surface area contributed by atoms with Gasteiger partial charge in [-0.15, -0.1) is 22.7 Å². The third-order valence-corrected chi connectivity index (χ3v) is 6.82. The molecule has 1 amide bonds. The summed E-state index contributed by atoms with van der Waals surface area (Å²) < 4.78 is 14.4. The number of aryl methyl sites for hydroxylation is 1. The third-order valence-electron chi connectivity index (χ3n) is 4.65. The topological polar surface area (TPSA) is 99.5 Å². The van der Waals surface area contributed by atoms with Gasteiger partial charge in [0.1, 0.15) is 22.1 Å². The van der Waals surface area contributed by atoms with Gasteiger partial charge < -0.3 is 15.5 Å². The monoisotopic (exact) mass is 432 g/mol. The summed E-state index contributed by atoms with van der Waals surface area (Å²) in [6, 6.07) is 3.74. The highest BCUT2D eigenvalue weighted by atomic mass is 32.1. The number of carbonyl (C=O) groups excluding carboxylic acids is 1. The van der Waals surface area contributed by atoms with Gasteiger partial charge in [-0.25, -0.2) is 14.2 Å².